The summed E-state index contributed by atoms with van der Waals surface area (Å²) in [6, 6.07) is 1.82. The van der Waals surface area contributed by atoms with E-state index in [0.717, 1.165) is 43.9 Å². The lowest BCUT2D eigenvalue weighted by Gasteiger charge is -2.24. The molecule has 0 saturated heterocycles. The molecule has 0 unspecified atom stereocenters. The Morgan fingerprint density at radius 2 is 2.14 bits per heavy atom. The second-order valence-corrected chi connectivity index (χ2v) is 5.78. The number of fused-ring (bicyclic) bond motifs is 1. The first-order valence-corrected chi connectivity index (χ1v) is 7.43. The average Bonchev–Trinajstić information content (AvgIpc) is 3.26. The molecule has 108 valence electrons. The van der Waals surface area contributed by atoms with Gasteiger partial charge in [0.25, 0.3) is 5.91 Å². The molecular weight excluding hydrogens is 266 g/mol. The van der Waals surface area contributed by atoms with Crippen LogP contribution in [-0.2, 0) is 13.0 Å². The Bertz CT molecular complexity index is 676. The van der Waals surface area contributed by atoms with Gasteiger partial charge < -0.3 is 9.88 Å². The maximum absolute atomic E-state index is 12.3. The van der Waals surface area contributed by atoms with Crippen LogP contribution in [0.15, 0.2) is 24.7 Å². The van der Waals surface area contributed by atoms with Crippen molar-refractivity contribution in [3.8, 4) is 0 Å². The number of imidazole rings is 1. The Hall–Kier alpha value is -2.24. The molecule has 3 heterocycles. The van der Waals surface area contributed by atoms with Crippen molar-refractivity contribution < 1.29 is 4.79 Å². The Balaban J connectivity index is 1.45. The molecule has 21 heavy (non-hydrogen) atoms. The van der Waals surface area contributed by atoms with Crippen LogP contribution in [0.4, 0.5) is 0 Å². The lowest BCUT2D eigenvalue weighted by atomic mass is 10.1. The number of nitrogens with one attached hydrogen (secondary N) is 1. The quantitative estimate of drug-likeness (QED) is 0.921. The normalized spacial score (nSPS) is 20.9. The summed E-state index contributed by atoms with van der Waals surface area (Å²) in [7, 11) is 0. The van der Waals surface area contributed by atoms with E-state index in [1.54, 1.807) is 12.3 Å². The van der Waals surface area contributed by atoms with Crippen molar-refractivity contribution in [3.05, 3.63) is 42.0 Å². The number of hydrogen-bond acceptors (Lipinski definition) is 4. The van der Waals surface area contributed by atoms with Crippen molar-refractivity contribution in [2.24, 2.45) is 0 Å². The zero-order valence-corrected chi connectivity index (χ0v) is 11.7. The summed E-state index contributed by atoms with van der Waals surface area (Å²) < 4.78 is 2.10. The van der Waals surface area contributed by atoms with Gasteiger partial charge in [0.1, 0.15) is 17.3 Å². The van der Waals surface area contributed by atoms with Crippen LogP contribution in [0.5, 0.6) is 0 Å². The fraction of sp³-hybridized carbons (Fsp3) is 0.467. The Labute approximate surface area is 122 Å². The number of rotatable bonds is 3. The van der Waals surface area contributed by atoms with Gasteiger partial charge in [-0.25, -0.2) is 15.0 Å². The molecule has 6 heteroatoms. The van der Waals surface area contributed by atoms with Crippen LogP contribution in [0.2, 0.25) is 0 Å². The maximum Gasteiger partial charge on any atom is 0.270 e. The third kappa shape index (κ3) is 2.53. The highest BCUT2D eigenvalue weighted by Gasteiger charge is 2.27. The summed E-state index contributed by atoms with van der Waals surface area (Å²) in [5.41, 5.74) is 0.475. The van der Waals surface area contributed by atoms with Crippen LogP contribution in [0.25, 0.3) is 0 Å². The summed E-state index contributed by atoms with van der Waals surface area (Å²) in [5.74, 6) is 2.26. The van der Waals surface area contributed by atoms with E-state index in [1.807, 2.05) is 12.4 Å². The predicted molar refractivity (Wildman–Crippen MR) is 75.8 cm³/mol. The molecule has 2 aromatic rings. The summed E-state index contributed by atoms with van der Waals surface area (Å²) >= 11 is 0. The Morgan fingerprint density at radius 3 is 3.00 bits per heavy atom. The highest BCUT2D eigenvalue weighted by atomic mass is 16.1. The minimum atomic E-state index is -0.104. The van der Waals surface area contributed by atoms with Crippen LogP contribution in [0, 0.1) is 0 Å². The smallest absolute Gasteiger partial charge is 0.270 e. The highest BCUT2D eigenvalue weighted by Crippen LogP contribution is 2.37. The van der Waals surface area contributed by atoms with Crippen molar-refractivity contribution in [2.45, 2.75) is 44.2 Å². The summed E-state index contributed by atoms with van der Waals surface area (Å²) in [6.45, 7) is 0.779. The average molecular weight is 283 g/mol. The SMILES string of the molecule is O=C(N[C@@H]1CCc2nccn2C1)c1ccnc(C2CC2)n1. The van der Waals surface area contributed by atoms with Crippen molar-refractivity contribution in [1.29, 1.82) is 0 Å². The fourth-order valence-electron chi connectivity index (χ4n) is 2.78. The lowest BCUT2D eigenvalue weighted by molar-refractivity contribution is 0.0922. The first-order chi connectivity index (χ1) is 10.3. The van der Waals surface area contributed by atoms with E-state index in [0.29, 0.717) is 11.6 Å². The molecule has 1 saturated carbocycles. The first kappa shape index (κ1) is 12.5. The van der Waals surface area contributed by atoms with Crippen molar-refractivity contribution in [3.63, 3.8) is 0 Å². The molecule has 2 aromatic heterocycles. The van der Waals surface area contributed by atoms with E-state index in [2.05, 4.69) is 24.8 Å². The van der Waals surface area contributed by atoms with Crippen molar-refractivity contribution in [2.75, 3.05) is 0 Å². The van der Waals surface area contributed by atoms with Gasteiger partial charge in [-0.3, -0.25) is 4.79 Å². The first-order valence-electron chi connectivity index (χ1n) is 7.43. The number of aryl methyl sites for hydroxylation is 1. The van der Waals surface area contributed by atoms with Gasteiger partial charge in [-0.1, -0.05) is 0 Å². The number of amides is 1. The van der Waals surface area contributed by atoms with E-state index in [1.165, 1.54) is 0 Å². The van der Waals surface area contributed by atoms with E-state index < -0.39 is 0 Å². The monoisotopic (exact) mass is 283 g/mol. The molecule has 4 rings (SSSR count). The van der Waals surface area contributed by atoms with Gasteiger partial charge >= 0.3 is 0 Å². The molecule has 1 fully saturated rings. The molecule has 1 N–H and O–H groups in total. The minimum Gasteiger partial charge on any atom is -0.346 e. The zero-order chi connectivity index (χ0) is 14.2. The molecule has 0 bridgehead atoms. The van der Waals surface area contributed by atoms with Crippen LogP contribution >= 0.6 is 0 Å². The second-order valence-electron chi connectivity index (χ2n) is 5.78. The number of carbonyl (C=O) groups excluding carboxylic acids is 1. The van der Waals surface area contributed by atoms with Gasteiger partial charge in [0, 0.05) is 43.5 Å². The van der Waals surface area contributed by atoms with E-state index in [9.17, 15) is 4.79 Å². The van der Waals surface area contributed by atoms with Gasteiger partial charge in [-0.15, -0.1) is 0 Å². The van der Waals surface area contributed by atoms with E-state index in [4.69, 9.17) is 0 Å². The molecule has 2 aliphatic rings. The summed E-state index contributed by atoms with van der Waals surface area (Å²) in [4.78, 5) is 25.3. The van der Waals surface area contributed by atoms with Gasteiger partial charge in [-0.05, 0) is 25.3 Å². The van der Waals surface area contributed by atoms with Crippen LogP contribution in [0.3, 0.4) is 0 Å². The van der Waals surface area contributed by atoms with Gasteiger partial charge in [-0.2, -0.15) is 0 Å². The van der Waals surface area contributed by atoms with Gasteiger partial charge in [0.2, 0.25) is 0 Å². The zero-order valence-electron chi connectivity index (χ0n) is 11.7. The Kier molecular flexibility index (Phi) is 2.94. The van der Waals surface area contributed by atoms with Crippen LogP contribution in [-0.4, -0.2) is 31.5 Å². The second kappa shape index (κ2) is 4.95. The van der Waals surface area contributed by atoms with Crippen LogP contribution < -0.4 is 5.32 Å². The summed E-state index contributed by atoms with van der Waals surface area (Å²) in [6.07, 6.45) is 9.55. The number of hydrogen-bond donors (Lipinski definition) is 1. The topological polar surface area (TPSA) is 72.7 Å². The van der Waals surface area contributed by atoms with E-state index in [-0.39, 0.29) is 11.9 Å². The van der Waals surface area contributed by atoms with E-state index >= 15 is 0 Å². The highest BCUT2D eigenvalue weighted by molar-refractivity contribution is 5.92. The molecule has 1 aliphatic carbocycles. The molecule has 0 spiro atoms. The lowest BCUT2D eigenvalue weighted by Crippen LogP contribution is -2.41. The van der Waals surface area contributed by atoms with Crippen LogP contribution in [0.1, 0.15) is 47.3 Å². The standard InChI is InChI=1S/C15H17N5O/c21-15(12-5-6-17-14(19-12)10-1-2-10)18-11-3-4-13-16-7-8-20(13)9-11/h5-8,10-11H,1-4,9H2,(H,18,21)/t11-/m1/s1. The molecule has 1 amide bonds. The largest absolute Gasteiger partial charge is 0.346 e. The predicted octanol–water partition coefficient (Wildman–Crippen LogP) is 1.30. The number of nitrogens with zero attached hydrogens (tertiary/aromatic N) is 4. The Morgan fingerprint density at radius 1 is 1.24 bits per heavy atom. The minimum absolute atomic E-state index is 0.104. The molecule has 1 aliphatic heterocycles. The van der Waals surface area contributed by atoms with Gasteiger partial charge in [0.05, 0.1) is 0 Å². The molecule has 1 atom stereocenters. The summed E-state index contributed by atoms with van der Waals surface area (Å²) in [5, 5.41) is 3.07. The van der Waals surface area contributed by atoms with Crippen molar-refractivity contribution in [1.82, 2.24) is 24.8 Å². The number of carbonyl (C=O) groups is 1. The molecule has 0 radical (unpaired) electrons. The number of aromatic nitrogens is 4. The third-order valence-corrected chi connectivity index (χ3v) is 4.12. The third-order valence-electron chi connectivity index (χ3n) is 4.12. The molecule has 0 aromatic carbocycles. The van der Waals surface area contributed by atoms with Gasteiger partial charge in [0.15, 0.2) is 0 Å². The molecular formula is C15H17N5O. The fourth-order valence-corrected chi connectivity index (χ4v) is 2.78. The molecule has 6 nitrogen and oxygen atoms in total. The van der Waals surface area contributed by atoms with Crippen molar-refractivity contribution >= 4 is 5.91 Å². The maximum atomic E-state index is 12.3.